The molecule has 122 valence electrons. The fourth-order valence-corrected chi connectivity index (χ4v) is 3.51. The zero-order valence-electron chi connectivity index (χ0n) is 11.8. The Labute approximate surface area is 139 Å². The second-order valence-electron chi connectivity index (χ2n) is 5.09. The van der Waals surface area contributed by atoms with E-state index in [1.54, 1.807) is 18.2 Å². The van der Waals surface area contributed by atoms with Crippen molar-refractivity contribution in [2.45, 2.75) is 6.10 Å². The van der Waals surface area contributed by atoms with Crippen molar-refractivity contribution in [2.24, 2.45) is 11.7 Å². The minimum absolute atomic E-state index is 0.0287. The van der Waals surface area contributed by atoms with Crippen LogP contribution in [-0.4, -0.2) is 44.6 Å². The van der Waals surface area contributed by atoms with E-state index in [1.807, 2.05) is 0 Å². The zero-order valence-corrected chi connectivity index (χ0v) is 14.2. The van der Waals surface area contributed by atoms with E-state index in [9.17, 15) is 13.2 Å². The molecule has 1 aliphatic heterocycles. The molecule has 9 heteroatoms. The highest BCUT2D eigenvalue weighted by atomic mass is 35.5. The molecule has 1 aromatic carbocycles. The maximum Gasteiger partial charge on any atom is 0.224 e. The Hall–Kier alpha value is -0.860. The lowest BCUT2D eigenvalue weighted by molar-refractivity contribution is -0.126. The number of carbonyl (C=O) groups is 1. The van der Waals surface area contributed by atoms with E-state index in [4.69, 9.17) is 33.7 Å². The highest BCUT2D eigenvalue weighted by Gasteiger charge is 2.36. The molecule has 1 amide bonds. The van der Waals surface area contributed by atoms with Crippen LogP contribution in [0.2, 0.25) is 10.0 Å². The predicted octanol–water partition coefficient (Wildman–Crippen LogP) is 1.43. The largest absolute Gasteiger partial charge is 0.371 e. The number of amides is 1. The number of ether oxygens (including phenoxy) is 1. The van der Waals surface area contributed by atoms with Gasteiger partial charge in [0, 0.05) is 13.1 Å². The summed E-state index contributed by atoms with van der Waals surface area (Å²) in [5, 5.41) is 0.711. The van der Waals surface area contributed by atoms with Crippen LogP contribution in [0.15, 0.2) is 18.2 Å². The molecule has 0 aliphatic carbocycles. The quantitative estimate of drug-likeness (QED) is 0.875. The number of carbonyl (C=O) groups excluding carboxylic acids is 1. The predicted molar refractivity (Wildman–Crippen MR) is 84.3 cm³/mol. The third-order valence-electron chi connectivity index (χ3n) is 3.51. The molecule has 1 saturated heterocycles. The van der Waals surface area contributed by atoms with Crippen molar-refractivity contribution in [3.05, 3.63) is 33.8 Å². The number of primary amides is 1. The summed E-state index contributed by atoms with van der Waals surface area (Å²) in [7, 11) is -3.44. The first-order valence-electron chi connectivity index (χ1n) is 6.51. The number of hydrogen-bond acceptors (Lipinski definition) is 4. The molecule has 0 bridgehead atoms. The molecule has 0 spiro atoms. The summed E-state index contributed by atoms with van der Waals surface area (Å²) < 4.78 is 30.3. The highest BCUT2D eigenvalue weighted by molar-refractivity contribution is 7.88. The second kappa shape index (κ2) is 6.72. The fraction of sp³-hybridized carbons (Fsp3) is 0.462. The van der Waals surface area contributed by atoms with Crippen LogP contribution in [0, 0.1) is 5.92 Å². The first-order valence-corrected chi connectivity index (χ1v) is 9.11. The molecule has 2 rings (SSSR count). The molecule has 1 fully saturated rings. The maximum absolute atomic E-state index is 11.8. The fourth-order valence-electron chi connectivity index (χ4n) is 2.36. The van der Waals surface area contributed by atoms with Crippen molar-refractivity contribution in [3.63, 3.8) is 0 Å². The van der Waals surface area contributed by atoms with Gasteiger partial charge in [-0.15, -0.1) is 0 Å². The van der Waals surface area contributed by atoms with E-state index < -0.39 is 28.0 Å². The van der Waals surface area contributed by atoms with Gasteiger partial charge in [-0.3, -0.25) is 4.79 Å². The monoisotopic (exact) mass is 366 g/mol. The lowest BCUT2D eigenvalue weighted by Gasteiger charge is -2.24. The van der Waals surface area contributed by atoms with Crippen molar-refractivity contribution in [1.82, 2.24) is 4.31 Å². The first-order chi connectivity index (χ1) is 10.2. The summed E-state index contributed by atoms with van der Waals surface area (Å²) in [5.74, 6) is -1.44. The third-order valence-corrected chi connectivity index (χ3v) is 5.52. The van der Waals surface area contributed by atoms with Crippen LogP contribution >= 0.6 is 23.2 Å². The Bertz CT molecular complexity index is 681. The summed E-state index contributed by atoms with van der Waals surface area (Å²) in [6.45, 7) is 0.293. The third kappa shape index (κ3) is 3.91. The van der Waals surface area contributed by atoms with Gasteiger partial charge in [0.25, 0.3) is 0 Å². The van der Waals surface area contributed by atoms with E-state index in [-0.39, 0.29) is 19.7 Å². The summed E-state index contributed by atoms with van der Waals surface area (Å²) in [5.41, 5.74) is 6.07. The number of nitrogens with zero attached hydrogens (tertiary/aromatic N) is 1. The normalized spacial score (nSPS) is 24.0. The number of benzene rings is 1. The number of halogens is 2. The van der Waals surface area contributed by atoms with E-state index in [0.717, 1.165) is 6.26 Å². The minimum atomic E-state index is -3.44. The van der Waals surface area contributed by atoms with Crippen LogP contribution in [-0.2, 0) is 19.6 Å². The molecule has 2 atom stereocenters. The van der Waals surface area contributed by atoms with Gasteiger partial charge in [-0.2, -0.15) is 4.31 Å². The number of sulfonamides is 1. The molecule has 1 heterocycles. The summed E-state index contributed by atoms with van der Waals surface area (Å²) in [6.07, 6.45) is 0.420. The topological polar surface area (TPSA) is 89.7 Å². The van der Waals surface area contributed by atoms with Crippen molar-refractivity contribution < 1.29 is 17.9 Å². The van der Waals surface area contributed by atoms with Crippen LogP contribution in [0.25, 0.3) is 0 Å². The second-order valence-corrected chi connectivity index (χ2v) is 7.89. The molecule has 0 radical (unpaired) electrons. The van der Waals surface area contributed by atoms with Crippen LogP contribution in [0.4, 0.5) is 0 Å². The molecule has 0 aromatic heterocycles. The van der Waals surface area contributed by atoms with Gasteiger partial charge in [0.05, 0.1) is 34.9 Å². The molecule has 2 N–H and O–H groups in total. The molecule has 1 aliphatic rings. The average molecular weight is 367 g/mol. The van der Waals surface area contributed by atoms with Gasteiger partial charge in [0.2, 0.25) is 15.9 Å². The van der Waals surface area contributed by atoms with Crippen molar-refractivity contribution in [3.8, 4) is 0 Å². The standard InChI is InChI=1S/C13H16Cl2N2O4S/c1-22(19,20)17-4-5-21-12(9(7-17)13(16)18)8-2-3-10(14)11(15)6-8/h2-3,6,9,12H,4-5,7H2,1H3,(H2,16,18)/t9-,12+/m1/s1. The van der Waals surface area contributed by atoms with E-state index in [0.29, 0.717) is 15.6 Å². The Morgan fingerprint density at radius 3 is 2.59 bits per heavy atom. The van der Waals surface area contributed by atoms with Gasteiger partial charge in [0.15, 0.2) is 0 Å². The van der Waals surface area contributed by atoms with E-state index in [2.05, 4.69) is 0 Å². The minimum Gasteiger partial charge on any atom is -0.371 e. The Morgan fingerprint density at radius 1 is 1.36 bits per heavy atom. The van der Waals surface area contributed by atoms with Gasteiger partial charge < -0.3 is 10.5 Å². The zero-order chi connectivity index (χ0) is 16.5. The number of nitrogens with two attached hydrogens (primary N) is 1. The molecule has 0 unspecified atom stereocenters. The lowest BCUT2D eigenvalue weighted by Crippen LogP contribution is -2.40. The molecule has 0 saturated carbocycles. The lowest BCUT2D eigenvalue weighted by atomic mass is 9.95. The first kappa shape index (κ1) is 17.5. The average Bonchev–Trinajstić information content (AvgIpc) is 2.64. The number of hydrogen-bond donors (Lipinski definition) is 1. The SMILES string of the molecule is CS(=O)(=O)N1CCO[C@@H](c2ccc(Cl)c(Cl)c2)[C@H](C(N)=O)C1. The van der Waals surface area contributed by atoms with E-state index in [1.165, 1.54) is 4.31 Å². The van der Waals surface area contributed by atoms with Crippen LogP contribution in [0.1, 0.15) is 11.7 Å². The summed E-state index contributed by atoms with van der Waals surface area (Å²) in [4.78, 5) is 11.8. The molecule has 22 heavy (non-hydrogen) atoms. The highest BCUT2D eigenvalue weighted by Crippen LogP contribution is 2.33. The molecule has 1 aromatic rings. The van der Waals surface area contributed by atoms with Crippen LogP contribution in [0.5, 0.6) is 0 Å². The Balaban J connectivity index is 2.37. The van der Waals surface area contributed by atoms with Gasteiger partial charge in [-0.1, -0.05) is 29.3 Å². The van der Waals surface area contributed by atoms with Crippen LogP contribution in [0.3, 0.4) is 0 Å². The maximum atomic E-state index is 11.8. The smallest absolute Gasteiger partial charge is 0.224 e. The van der Waals surface area contributed by atoms with Crippen molar-refractivity contribution in [1.29, 1.82) is 0 Å². The van der Waals surface area contributed by atoms with Crippen LogP contribution < -0.4 is 5.73 Å². The van der Waals surface area contributed by atoms with Crippen molar-refractivity contribution in [2.75, 3.05) is 26.0 Å². The number of rotatable bonds is 3. The molecular formula is C13H16Cl2N2O4S. The van der Waals surface area contributed by atoms with Gasteiger partial charge >= 0.3 is 0 Å². The van der Waals surface area contributed by atoms with Gasteiger partial charge in [-0.05, 0) is 17.7 Å². The van der Waals surface area contributed by atoms with E-state index >= 15 is 0 Å². The van der Waals surface area contributed by atoms with Gasteiger partial charge in [0.1, 0.15) is 0 Å². The Morgan fingerprint density at radius 2 is 2.05 bits per heavy atom. The summed E-state index contributed by atoms with van der Waals surface area (Å²) in [6, 6.07) is 4.88. The summed E-state index contributed by atoms with van der Waals surface area (Å²) >= 11 is 11.9. The molecule has 6 nitrogen and oxygen atoms in total. The van der Waals surface area contributed by atoms with Crippen molar-refractivity contribution >= 4 is 39.1 Å². The van der Waals surface area contributed by atoms with Gasteiger partial charge in [-0.25, -0.2) is 8.42 Å². The Kier molecular flexibility index (Phi) is 5.34. The molecular weight excluding hydrogens is 351 g/mol.